The van der Waals surface area contributed by atoms with Crippen LogP contribution in [0, 0.1) is 10.1 Å². The van der Waals surface area contributed by atoms with E-state index in [1.165, 1.54) is 19.2 Å². The van der Waals surface area contributed by atoms with Gasteiger partial charge in [0.05, 0.1) is 24.0 Å². The van der Waals surface area contributed by atoms with E-state index in [1.807, 2.05) is 0 Å². The smallest absolute Gasteiger partial charge is 0.310 e. The molecule has 0 amide bonds. The predicted molar refractivity (Wildman–Crippen MR) is 84.9 cm³/mol. The number of esters is 1. The zero-order valence-electron chi connectivity index (χ0n) is 12.5. The first-order valence-corrected chi connectivity index (χ1v) is 7.64. The number of H-pyrrole nitrogens is 1. The number of carbonyl (C=O) groups excluding carboxylic acids is 1. The fourth-order valence-electron chi connectivity index (χ4n) is 1.78. The van der Waals surface area contributed by atoms with Gasteiger partial charge in [0.2, 0.25) is 5.88 Å². The summed E-state index contributed by atoms with van der Waals surface area (Å²) < 4.78 is 4.44. The molecule has 0 radical (unpaired) electrons. The number of nitrogens with one attached hydrogen (secondary N) is 1. The maximum atomic E-state index is 11.9. The van der Waals surface area contributed by atoms with E-state index in [1.54, 1.807) is 12.1 Å². The van der Waals surface area contributed by atoms with Crippen LogP contribution in [0.25, 0.3) is 0 Å². The van der Waals surface area contributed by atoms with Crippen LogP contribution in [0.5, 0.6) is 5.88 Å². The zero-order chi connectivity index (χ0) is 17.7. The number of carbonyl (C=O) groups is 1. The fraction of sp³-hybridized carbons (Fsp3) is 0.214. The average molecular weight is 351 g/mol. The van der Waals surface area contributed by atoms with Crippen LogP contribution in [-0.4, -0.2) is 33.1 Å². The number of methoxy groups -OCH3 is 1. The number of non-ortho nitro benzene ring substituents is 1. The van der Waals surface area contributed by atoms with E-state index in [0.717, 1.165) is 17.3 Å². The van der Waals surface area contributed by atoms with Gasteiger partial charge in [0, 0.05) is 17.9 Å². The molecule has 0 bridgehead atoms. The molecule has 0 aliphatic carbocycles. The molecule has 2 N–H and O–H groups in total. The summed E-state index contributed by atoms with van der Waals surface area (Å²) in [5, 5.41) is 20.5. The van der Waals surface area contributed by atoms with Gasteiger partial charge >= 0.3 is 5.97 Å². The Morgan fingerprint density at radius 3 is 2.62 bits per heavy atom. The molecule has 0 aliphatic heterocycles. The number of thioether (sulfide) groups is 1. The minimum Gasteiger partial charge on any atom is -0.493 e. The van der Waals surface area contributed by atoms with Gasteiger partial charge in [-0.05, 0) is 5.56 Å². The van der Waals surface area contributed by atoms with Gasteiger partial charge in [-0.15, -0.1) is 0 Å². The van der Waals surface area contributed by atoms with Crippen molar-refractivity contribution in [2.24, 2.45) is 0 Å². The van der Waals surface area contributed by atoms with Crippen LogP contribution < -0.4 is 5.56 Å². The Kier molecular flexibility index (Phi) is 5.53. The van der Waals surface area contributed by atoms with E-state index in [0.29, 0.717) is 5.75 Å². The van der Waals surface area contributed by atoms with Gasteiger partial charge < -0.3 is 14.8 Å². The largest absolute Gasteiger partial charge is 0.493 e. The van der Waals surface area contributed by atoms with Gasteiger partial charge in [-0.1, -0.05) is 23.9 Å². The van der Waals surface area contributed by atoms with Crippen molar-refractivity contribution in [3.63, 3.8) is 0 Å². The topological polar surface area (TPSA) is 135 Å². The normalized spacial score (nSPS) is 10.4. The second-order valence-corrected chi connectivity index (χ2v) is 5.60. The average Bonchev–Trinajstić information content (AvgIpc) is 2.56. The molecule has 0 saturated carbocycles. The third kappa shape index (κ3) is 4.32. The molecule has 126 valence electrons. The fourth-order valence-corrected chi connectivity index (χ4v) is 2.59. The lowest BCUT2D eigenvalue weighted by atomic mass is 10.2. The number of nitro groups is 1. The van der Waals surface area contributed by atoms with Crippen LogP contribution in [0.1, 0.15) is 11.1 Å². The lowest BCUT2D eigenvalue weighted by Gasteiger charge is -2.05. The van der Waals surface area contributed by atoms with Gasteiger partial charge in [0.15, 0.2) is 5.16 Å². The summed E-state index contributed by atoms with van der Waals surface area (Å²) in [6.07, 6.45) is -0.377. The summed E-state index contributed by atoms with van der Waals surface area (Å²) in [4.78, 5) is 39.5. The molecule has 10 heteroatoms. The molecule has 2 rings (SSSR count). The Morgan fingerprint density at radius 1 is 1.42 bits per heavy atom. The van der Waals surface area contributed by atoms with Gasteiger partial charge in [-0.3, -0.25) is 19.7 Å². The molecule has 1 aromatic heterocycles. The minimum atomic E-state index is -0.663. The van der Waals surface area contributed by atoms with Gasteiger partial charge in [-0.2, -0.15) is 4.98 Å². The van der Waals surface area contributed by atoms with Crippen molar-refractivity contribution < 1.29 is 19.6 Å². The molecule has 2 aromatic rings. The molecule has 9 nitrogen and oxygen atoms in total. The van der Waals surface area contributed by atoms with Crippen molar-refractivity contribution in [1.29, 1.82) is 0 Å². The molecule has 1 aromatic carbocycles. The second kappa shape index (κ2) is 7.59. The summed E-state index contributed by atoms with van der Waals surface area (Å²) in [5.41, 5.74) is -0.0212. The Morgan fingerprint density at radius 2 is 2.08 bits per heavy atom. The predicted octanol–water partition coefficient (Wildman–Crippen LogP) is 1.39. The van der Waals surface area contributed by atoms with Gasteiger partial charge in [-0.25, -0.2) is 0 Å². The summed E-state index contributed by atoms with van der Waals surface area (Å²) >= 11 is 1.14. The van der Waals surface area contributed by atoms with E-state index in [9.17, 15) is 24.8 Å². The standard InChI is InChI=1S/C14H13N3O6S/c1-23-11(18)6-10-12(19)15-14(16-13(10)20)24-7-8-2-4-9(5-3-8)17(21)22/h2-5H,6-7H2,1H3,(H2,15,16,19,20). The molecule has 0 spiro atoms. The third-order valence-corrected chi connectivity index (χ3v) is 3.99. The zero-order valence-corrected chi connectivity index (χ0v) is 13.3. The molecule has 24 heavy (non-hydrogen) atoms. The van der Waals surface area contributed by atoms with Crippen LogP contribution in [-0.2, 0) is 21.7 Å². The first-order chi connectivity index (χ1) is 11.4. The van der Waals surface area contributed by atoms with E-state index in [4.69, 9.17) is 0 Å². The lowest BCUT2D eigenvalue weighted by molar-refractivity contribution is -0.384. The van der Waals surface area contributed by atoms with E-state index >= 15 is 0 Å². The molecular formula is C14H13N3O6S. The molecule has 0 aliphatic rings. The van der Waals surface area contributed by atoms with Crippen molar-refractivity contribution in [3.8, 4) is 5.88 Å². The van der Waals surface area contributed by atoms with Crippen molar-refractivity contribution in [2.75, 3.05) is 7.11 Å². The molecular weight excluding hydrogens is 338 g/mol. The highest BCUT2D eigenvalue weighted by molar-refractivity contribution is 7.98. The highest BCUT2D eigenvalue weighted by atomic mass is 32.2. The second-order valence-electron chi connectivity index (χ2n) is 4.64. The number of aromatic hydroxyl groups is 1. The monoisotopic (exact) mass is 351 g/mol. The molecule has 0 saturated heterocycles. The van der Waals surface area contributed by atoms with Crippen LogP contribution >= 0.6 is 11.8 Å². The number of hydrogen-bond donors (Lipinski definition) is 2. The van der Waals surface area contributed by atoms with E-state index in [2.05, 4.69) is 14.7 Å². The number of nitrogens with zero attached hydrogens (tertiary/aromatic N) is 2. The van der Waals surface area contributed by atoms with Crippen LogP contribution in [0.2, 0.25) is 0 Å². The van der Waals surface area contributed by atoms with Crippen molar-refractivity contribution in [3.05, 3.63) is 55.9 Å². The minimum absolute atomic E-state index is 0.0138. The van der Waals surface area contributed by atoms with Crippen LogP contribution in [0.4, 0.5) is 5.69 Å². The van der Waals surface area contributed by atoms with Gasteiger partial charge in [0.25, 0.3) is 11.2 Å². The van der Waals surface area contributed by atoms with E-state index in [-0.39, 0.29) is 22.8 Å². The third-order valence-electron chi connectivity index (χ3n) is 3.04. The highest BCUT2D eigenvalue weighted by Gasteiger charge is 2.15. The van der Waals surface area contributed by atoms with Crippen LogP contribution in [0.3, 0.4) is 0 Å². The first kappa shape index (κ1) is 17.5. The quantitative estimate of drug-likeness (QED) is 0.262. The molecule has 1 heterocycles. The van der Waals surface area contributed by atoms with E-state index < -0.39 is 22.3 Å². The number of nitro benzene ring substituents is 1. The summed E-state index contributed by atoms with van der Waals surface area (Å²) in [7, 11) is 1.18. The Labute approximate surface area is 139 Å². The molecule has 0 unspecified atom stereocenters. The van der Waals surface area contributed by atoms with Crippen LogP contribution in [0.15, 0.2) is 34.2 Å². The highest BCUT2D eigenvalue weighted by Crippen LogP contribution is 2.22. The Hall–Kier alpha value is -2.88. The number of ether oxygens (including phenoxy) is 1. The van der Waals surface area contributed by atoms with Crippen molar-refractivity contribution in [2.45, 2.75) is 17.3 Å². The van der Waals surface area contributed by atoms with Crippen molar-refractivity contribution in [1.82, 2.24) is 9.97 Å². The number of aromatic amines is 1. The van der Waals surface area contributed by atoms with Crippen molar-refractivity contribution >= 4 is 23.4 Å². The maximum Gasteiger partial charge on any atom is 0.310 e. The SMILES string of the molecule is COC(=O)Cc1c(O)nc(SCc2ccc([N+](=O)[O-])cc2)[nH]c1=O. The first-order valence-electron chi connectivity index (χ1n) is 6.66. The maximum absolute atomic E-state index is 11.9. The Balaban J connectivity index is 2.09. The van der Waals surface area contributed by atoms with Gasteiger partial charge in [0.1, 0.15) is 0 Å². The lowest BCUT2D eigenvalue weighted by Crippen LogP contribution is -2.19. The molecule has 0 atom stereocenters. The Bertz CT molecular complexity index is 818. The number of hydrogen-bond acceptors (Lipinski definition) is 8. The number of benzene rings is 1. The number of rotatable bonds is 6. The number of aromatic nitrogens is 2. The molecule has 0 fully saturated rings. The summed E-state index contributed by atoms with van der Waals surface area (Å²) in [6, 6.07) is 5.94. The summed E-state index contributed by atoms with van der Waals surface area (Å²) in [6.45, 7) is 0. The summed E-state index contributed by atoms with van der Waals surface area (Å²) in [5.74, 6) is -0.810.